The third kappa shape index (κ3) is 2.70. The van der Waals surface area contributed by atoms with E-state index in [-0.39, 0.29) is 34.6 Å². The van der Waals surface area contributed by atoms with E-state index in [0.717, 1.165) is 6.07 Å². The van der Waals surface area contributed by atoms with Crippen molar-refractivity contribution in [2.45, 2.75) is 12.6 Å². The number of fused-ring (bicyclic) bond motifs is 2. The van der Waals surface area contributed by atoms with Gasteiger partial charge < -0.3 is 18.8 Å². The van der Waals surface area contributed by atoms with Crippen molar-refractivity contribution in [3.05, 3.63) is 99.5 Å². The van der Waals surface area contributed by atoms with Gasteiger partial charge in [0.2, 0.25) is 5.76 Å². The smallest absolute Gasteiger partial charge is 0.291 e. The lowest BCUT2D eigenvalue weighted by atomic mass is 9.98. The summed E-state index contributed by atoms with van der Waals surface area (Å²) in [5.74, 6) is -0.499. The van der Waals surface area contributed by atoms with Gasteiger partial charge in [0.1, 0.15) is 22.9 Å². The molecule has 1 N–H and O–H groups in total. The summed E-state index contributed by atoms with van der Waals surface area (Å²) in [6.07, 6.45) is 1.50. The van der Waals surface area contributed by atoms with Crippen molar-refractivity contribution in [3.63, 3.8) is 0 Å². The van der Waals surface area contributed by atoms with E-state index in [4.69, 9.17) is 8.83 Å². The van der Waals surface area contributed by atoms with Gasteiger partial charge >= 0.3 is 0 Å². The first-order chi connectivity index (χ1) is 14.0. The van der Waals surface area contributed by atoms with Crippen LogP contribution in [0.1, 0.15) is 33.5 Å². The maximum Gasteiger partial charge on any atom is 0.291 e. The second-order valence-electron chi connectivity index (χ2n) is 6.82. The minimum atomic E-state index is -0.757. The van der Waals surface area contributed by atoms with Crippen LogP contribution in [0.3, 0.4) is 0 Å². The van der Waals surface area contributed by atoms with Crippen LogP contribution in [0, 0.1) is 5.82 Å². The molecule has 4 aromatic rings. The van der Waals surface area contributed by atoms with Gasteiger partial charge in [-0.1, -0.05) is 12.1 Å². The Hall–Kier alpha value is -3.87. The molecule has 2 aromatic heterocycles. The molecule has 29 heavy (non-hydrogen) atoms. The van der Waals surface area contributed by atoms with E-state index in [1.54, 1.807) is 24.3 Å². The zero-order valence-electron chi connectivity index (χ0n) is 15.0. The predicted molar refractivity (Wildman–Crippen MR) is 101 cm³/mol. The fourth-order valence-electron chi connectivity index (χ4n) is 3.73. The molecule has 144 valence electrons. The number of hydrogen-bond donors (Lipinski definition) is 1. The van der Waals surface area contributed by atoms with Crippen molar-refractivity contribution >= 4 is 16.9 Å². The highest BCUT2D eigenvalue weighted by Gasteiger charge is 2.43. The van der Waals surface area contributed by atoms with Crippen LogP contribution in [-0.4, -0.2) is 15.9 Å². The monoisotopic (exact) mass is 391 g/mol. The molecule has 6 nitrogen and oxygen atoms in total. The molecule has 1 aliphatic heterocycles. The van der Waals surface area contributed by atoms with E-state index in [0.29, 0.717) is 11.3 Å². The van der Waals surface area contributed by atoms with Gasteiger partial charge in [-0.3, -0.25) is 9.59 Å². The Morgan fingerprint density at radius 3 is 2.59 bits per heavy atom. The van der Waals surface area contributed by atoms with Crippen LogP contribution in [0.5, 0.6) is 5.75 Å². The molecule has 0 saturated carbocycles. The lowest BCUT2D eigenvalue weighted by molar-refractivity contribution is 0.0701. The highest BCUT2D eigenvalue weighted by molar-refractivity contribution is 5.99. The SMILES string of the molecule is O=C1c2oc3ccc(F)cc3c(=O)c2[C@@H](c2ccc(O)cc2)N1Cc1ccco1. The van der Waals surface area contributed by atoms with Gasteiger partial charge in [-0.15, -0.1) is 0 Å². The van der Waals surface area contributed by atoms with Crippen LogP contribution in [-0.2, 0) is 6.54 Å². The first-order valence-electron chi connectivity index (χ1n) is 8.91. The van der Waals surface area contributed by atoms with E-state index >= 15 is 0 Å². The van der Waals surface area contributed by atoms with E-state index < -0.39 is 23.2 Å². The highest BCUT2D eigenvalue weighted by atomic mass is 19.1. The molecule has 1 amide bonds. The number of halogens is 1. The van der Waals surface area contributed by atoms with Crippen molar-refractivity contribution in [1.82, 2.24) is 4.90 Å². The maximum absolute atomic E-state index is 13.7. The average molecular weight is 391 g/mol. The average Bonchev–Trinajstić information content (AvgIpc) is 3.32. The van der Waals surface area contributed by atoms with Crippen LogP contribution >= 0.6 is 0 Å². The standard InChI is InChI=1S/C22H14FNO5/c23-13-5-8-17-16(10-13)20(26)18-19(12-3-6-14(25)7-4-12)24(22(27)21(18)29-17)11-15-2-1-9-28-15/h1-10,19,25H,11H2/t19-/m1/s1. The molecule has 0 fully saturated rings. The lowest BCUT2D eigenvalue weighted by Crippen LogP contribution is -2.29. The Kier molecular flexibility index (Phi) is 3.77. The van der Waals surface area contributed by atoms with Gasteiger partial charge in [-0.25, -0.2) is 4.39 Å². The third-order valence-electron chi connectivity index (χ3n) is 5.04. The van der Waals surface area contributed by atoms with Crippen molar-refractivity contribution in [1.29, 1.82) is 0 Å². The molecule has 0 saturated heterocycles. The Balaban J connectivity index is 1.75. The molecule has 0 unspecified atom stereocenters. The summed E-state index contributed by atoms with van der Waals surface area (Å²) in [4.78, 5) is 27.9. The molecule has 3 heterocycles. The molecule has 0 aliphatic carbocycles. The van der Waals surface area contributed by atoms with E-state index in [9.17, 15) is 19.1 Å². The van der Waals surface area contributed by atoms with Gasteiger partial charge in [0.05, 0.1) is 29.8 Å². The Bertz CT molecular complexity index is 1290. The maximum atomic E-state index is 13.7. The number of phenols is 1. The Morgan fingerprint density at radius 1 is 1.07 bits per heavy atom. The topological polar surface area (TPSA) is 83.9 Å². The summed E-state index contributed by atoms with van der Waals surface area (Å²) < 4.78 is 24.9. The molecule has 1 atom stereocenters. The van der Waals surface area contributed by atoms with Crippen LogP contribution in [0.25, 0.3) is 11.0 Å². The highest BCUT2D eigenvalue weighted by Crippen LogP contribution is 2.39. The molecule has 7 heteroatoms. The van der Waals surface area contributed by atoms with Gasteiger partial charge in [0, 0.05) is 0 Å². The van der Waals surface area contributed by atoms with E-state index in [2.05, 4.69) is 0 Å². The van der Waals surface area contributed by atoms with Gasteiger partial charge in [-0.05, 0) is 48.0 Å². The third-order valence-corrected chi connectivity index (χ3v) is 5.04. The first kappa shape index (κ1) is 17.2. The predicted octanol–water partition coefficient (Wildman–Crippen LogP) is 3.98. The fourth-order valence-corrected chi connectivity index (χ4v) is 3.73. The number of hydrogen-bond acceptors (Lipinski definition) is 5. The fraction of sp³-hybridized carbons (Fsp3) is 0.0909. The van der Waals surface area contributed by atoms with Gasteiger partial charge in [0.25, 0.3) is 5.91 Å². The number of rotatable bonds is 3. The molecular weight excluding hydrogens is 377 g/mol. The summed E-state index contributed by atoms with van der Waals surface area (Å²) in [5.41, 5.74) is 0.441. The molecular formula is C22H14FNO5. The molecule has 2 aromatic carbocycles. The van der Waals surface area contributed by atoms with Crippen molar-refractivity contribution in [3.8, 4) is 5.75 Å². The van der Waals surface area contributed by atoms with E-state index in [1.165, 1.54) is 35.4 Å². The normalized spacial score (nSPS) is 15.8. The van der Waals surface area contributed by atoms with Crippen LogP contribution in [0.15, 0.2) is 74.5 Å². The number of phenolic OH excluding ortho intramolecular Hbond substituents is 1. The van der Waals surface area contributed by atoms with Gasteiger partial charge in [0.15, 0.2) is 5.43 Å². The largest absolute Gasteiger partial charge is 0.508 e. The minimum Gasteiger partial charge on any atom is -0.508 e. The van der Waals surface area contributed by atoms with Crippen LogP contribution in [0.2, 0.25) is 0 Å². The second kappa shape index (κ2) is 6.34. The van der Waals surface area contributed by atoms with Crippen molar-refractivity contribution in [2.75, 3.05) is 0 Å². The summed E-state index contributed by atoms with van der Waals surface area (Å²) in [6, 6.07) is 12.5. The number of carbonyl (C=O) groups excluding carboxylic acids is 1. The molecule has 0 bridgehead atoms. The number of aromatic hydroxyl groups is 1. The number of nitrogens with zero attached hydrogens (tertiary/aromatic N) is 1. The van der Waals surface area contributed by atoms with Gasteiger partial charge in [-0.2, -0.15) is 0 Å². The summed E-state index contributed by atoms with van der Waals surface area (Å²) >= 11 is 0. The molecule has 0 spiro atoms. The zero-order valence-corrected chi connectivity index (χ0v) is 15.0. The number of furan rings is 1. The zero-order chi connectivity index (χ0) is 20.1. The second-order valence-corrected chi connectivity index (χ2v) is 6.82. The minimum absolute atomic E-state index is 0.0588. The number of carbonyl (C=O) groups is 1. The Morgan fingerprint density at radius 2 is 1.86 bits per heavy atom. The van der Waals surface area contributed by atoms with Crippen molar-refractivity contribution < 1.29 is 23.1 Å². The van der Waals surface area contributed by atoms with Crippen LogP contribution < -0.4 is 5.43 Å². The summed E-state index contributed by atoms with van der Waals surface area (Å²) in [5, 5.41) is 9.70. The molecule has 5 rings (SSSR count). The van der Waals surface area contributed by atoms with Crippen molar-refractivity contribution in [2.24, 2.45) is 0 Å². The lowest BCUT2D eigenvalue weighted by Gasteiger charge is -2.24. The quantitative estimate of drug-likeness (QED) is 0.571. The summed E-state index contributed by atoms with van der Waals surface area (Å²) in [6.45, 7) is 0.117. The molecule has 1 aliphatic rings. The van der Waals surface area contributed by atoms with E-state index in [1.807, 2.05) is 0 Å². The molecule has 0 radical (unpaired) electrons. The number of amides is 1. The van der Waals surface area contributed by atoms with Crippen LogP contribution in [0.4, 0.5) is 4.39 Å². The first-order valence-corrected chi connectivity index (χ1v) is 8.91. The Labute approximate surface area is 163 Å². The summed E-state index contributed by atoms with van der Waals surface area (Å²) in [7, 11) is 0. The number of benzene rings is 2.